The molecule has 0 aliphatic carbocycles. The summed E-state index contributed by atoms with van der Waals surface area (Å²) in [6, 6.07) is 24.7. The van der Waals surface area contributed by atoms with Crippen molar-refractivity contribution >= 4 is 72.9 Å². The van der Waals surface area contributed by atoms with Gasteiger partial charge in [0.1, 0.15) is 11.3 Å². The molecule has 35 heavy (non-hydrogen) atoms. The van der Waals surface area contributed by atoms with Gasteiger partial charge in [0.05, 0.1) is 9.53 Å². The fourth-order valence-electron chi connectivity index (χ4n) is 4.39. The third-order valence-corrected chi connectivity index (χ3v) is 12.9. The van der Waals surface area contributed by atoms with Crippen LogP contribution in [0.15, 0.2) is 72.8 Å². The van der Waals surface area contributed by atoms with E-state index in [-0.39, 0.29) is 15.8 Å². The van der Waals surface area contributed by atoms with Crippen molar-refractivity contribution in [3.05, 3.63) is 72.8 Å². The van der Waals surface area contributed by atoms with E-state index < -0.39 is 8.32 Å². The van der Waals surface area contributed by atoms with Gasteiger partial charge in [0.15, 0.2) is 5.13 Å². The van der Waals surface area contributed by atoms with Gasteiger partial charge in [0, 0.05) is 11.8 Å². The van der Waals surface area contributed by atoms with Gasteiger partial charge in [-0.15, -0.1) is 0 Å². The highest BCUT2D eigenvalue weighted by Gasteiger charge is 2.52. The number of amides is 1. The lowest BCUT2D eigenvalue weighted by Gasteiger charge is -2.43. The van der Waals surface area contributed by atoms with Crippen LogP contribution in [-0.2, 0) is 4.79 Å². The second kappa shape index (κ2) is 10.1. The number of nitrogens with one attached hydrogen (secondary N) is 1. The molecule has 1 heterocycles. The lowest BCUT2D eigenvalue weighted by Crippen LogP contribution is -2.68. The molecule has 0 saturated heterocycles. The van der Waals surface area contributed by atoms with Crippen molar-refractivity contribution in [1.29, 1.82) is 0 Å². The maximum atomic E-state index is 12.7. The van der Waals surface area contributed by atoms with E-state index in [1.165, 1.54) is 11.3 Å². The summed E-state index contributed by atoms with van der Waals surface area (Å²) < 4.78 is 8.11. The number of halogens is 1. The van der Waals surface area contributed by atoms with Crippen LogP contribution < -0.4 is 25.8 Å². The van der Waals surface area contributed by atoms with Crippen molar-refractivity contribution in [1.82, 2.24) is 4.98 Å². The summed E-state index contributed by atoms with van der Waals surface area (Å²) in [7, 11) is -2.89. The molecule has 1 amide bonds. The predicted octanol–water partition coefficient (Wildman–Crippen LogP) is 5.93. The van der Waals surface area contributed by atoms with Crippen molar-refractivity contribution < 1.29 is 9.22 Å². The van der Waals surface area contributed by atoms with E-state index in [4.69, 9.17) is 10.2 Å². The number of alkyl halides is 1. The maximum Gasteiger partial charge on any atom is 0.320 e. The van der Waals surface area contributed by atoms with Crippen LogP contribution >= 0.6 is 27.3 Å². The summed E-state index contributed by atoms with van der Waals surface area (Å²) in [5, 5.41) is 5.60. The number of nitrogens with two attached hydrogens (primary N) is 1. The number of aromatic nitrogens is 1. The molecule has 8 heteroatoms. The maximum absolute atomic E-state index is 12.7. The van der Waals surface area contributed by atoms with Crippen molar-refractivity contribution in [2.24, 2.45) is 0 Å². The van der Waals surface area contributed by atoms with Crippen LogP contribution in [0.5, 0.6) is 5.75 Å². The molecule has 1 aromatic heterocycles. The second-order valence-corrected chi connectivity index (χ2v) is 15.9. The van der Waals surface area contributed by atoms with Crippen LogP contribution in [-0.4, -0.2) is 24.0 Å². The number of carbonyl (C=O) groups excluding carboxylic acids is 1. The lowest BCUT2D eigenvalue weighted by molar-refractivity contribution is -0.115. The molecular weight excluding hydrogens is 538 g/mol. The Labute approximate surface area is 220 Å². The summed E-state index contributed by atoms with van der Waals surface area (Å²) in [5.74, 6) is 0.531. The molecule has 4 rings (SSSR count). The Morgan fingerprint density at radius 1 is 1.09 bits per heavy atom. The standard InChI is InChI=1S/C27H30BrN3O2SSi/c1-5-21(28)25(32)30-18-16-22(24-23(17-18)34-26(29)31-24)33-35(27(2,3)4,19-12-8-6-9-13-19)20-14-10-7-11-15-20/h6-17,21H,5H2,1-4H3,(H2,29,31)(H,30,32). The fourth-order valence-corrected chi connectivity index (χ4v) is 9.71. The Kier molecular flexibility index (Phi) is 7.35. The number of anilines is 2. The molecule has 0 radical (unpaired) electrons. The number of carbonyl (C=O) groups is 1. The van der Waals surface area contributed by atoms with Gasteiger partial charge < -0.3 is 15.5 Å². The Morgan fingerprint density at radius 2 is 1.66 bits per heavy atom. The van der Waals surface area contributed by atoms with Gasteiger partial charge in [0.2, 0.25) is 5.91 Å². The first kappa shape index (κ1) is 25.4. The molecule has 0 aliphatic heterocycles. The largest absolute Gasteiger partial charge is 0.532 e. The Balaban J connectivity index is 1.94. The van der Waals surface area contributed by atoms with Gasteiger partial charge in [-0.1, -0.05) is 116 Å². The molecule has 4 aromatic rings. The second-order valence-electron chi connectivity index (χ2n) is 9.50. The molecule has 1 unspecified atom stereocenters. The normalized spacial score (nSPS) is 12.9. The van der Waals surface area contributed by atoms with Crippen LogP contribution in [0.3, 0.4) is 0 Å². The SMILES string of the molecule is CCC(Br)C(=O)Nc1cc(O[Si](c2ccccc2)(c2ccccc2)C(C)(C)C)c2nc(N)sc2c1. The molecule has 0 saturated carbocycles. The third-order valence-electron chi connectivity index (χ3n) is 6.07. The minimum absolute atomic E-state index is 0.0965. The van der Waals surface area contributed by atoms with Gasteiger partial charge in [0.25, 0.3) is 0 Å². The van der Waals surface area contributed by atoms with Gasteiger partial charge in [-0.05, 0) is 27.9 Å². The molecule has 0 fully saturated rings. The Hall–Kier alpha value is -2.68. The molecule has 0 bridgehead atoms. The van der Waals surface area contributed by atoms with E-state index in [0.717, 1.165) is 15.1 Å². The summed E-state index contributed by atoms with van der Waals surface area (Å²) in [6.07, 6.45) is 0.688. The molecule has 1 atom stereocenters. The highest BCUT2D eigenvalue weighted by Crippen LogP contribution is 2.41. The highest BCUT2D eigenvalue weighted by molar-refractivity contribution is 9.10. The molecule has 3 N–H and O–H groups in total. The van der Waals surface area contributed by atoms with Gasteiger partial charge >= 0.3 is 8.32 Å². The average Bonchev–Trinajstić information content (AvgIpc) is 3.22. The van der Waals surface area contributed by atoms with E-state index in [1.807, 2.05) is 31.2 Å². The fraction of sp³-hybridized carbons (Fsp3) is 0.259. The zero-order valence-corrected chi connectivity index (χ0v) is 23.7. The summed E-state index contributed by atoms with van der Waals surface area (Å²) in [5.41, 5.74) is 7.50. The first-order valence-electron chi connectivity index (χ1n) is 11.6. The van der Waals surface area contributed by atoms with Crippen LogP contribution in [0.4, 0.5) is 10.8 Å². The van der Waals surface area contributed by atoms with Crippen LogP contribution in [0.25, 0.3) is 10.2 Å². The summed E-state index contributed by atoms with van der Waals surface area (Å²) in [6.45, 7) is 8.65. The zero-order chi connectivity index (χ0) is 25.2. The number of benzene rings is 3. The van der Waals surface area contributed by atoms with E-state index in [9.17, 15) is 4.79 Å². The number of thiazole rings is 1. The molecule has 5 nitrogen and oxygen atoms in total. The van der Waals surface area contributed by atoms with Crippen LogP contribution in [0.1, 0.15) is 34.1 Å². The Morgan fingerprint density at radius 3 is 2.17 bits per heavy atom. The van der Waals surface area contributed by atoms with Gasteiger partial charge in [-0.2, -0.15) is 0 Å². The molecule has 0 spiro atoms. The molecule has 0 aliphatic rings. The number of hydrogen-bond donors (Lipinski definition) is 2. The monoisotopic (exact) mass is 567 g/mol. The van der Waals surface area contributed by atoms with Crippen molar-refractivity contribution in [2.45, 2.75) is 44.0 Å². The predicted molar refractivity (Wildman–Crippen MR) is 154 cm³/mol. The first-order valence-corrected chi connectivity index (χ1v) is 15.2. The number of rotatable bonds is 7. The number of nitrogen functional groups attached to an aromatic ring is 1. The van der Waals surface area contributed by atoms with Crippen molar-refractivity contribution in [3.8, 4) is 5.75 Å². The topological polar surface area (TPSA) is 77.2 Å². The minimum atomic E-state index is -2.89. The molecular formula is C27H30BrN3O2SSi. The zero-order valence-electron chi connectivity index (χ0n) is 20.3. The summed E-state index contributed by atoms with van der Waals surface area (Å²) in [4.78, 5) is 17.0. The average molecular weight is 569 g/mol. The van der Waals surface area contributed by atoms with E-state index in [2.05, 4.69) is 95.5 Å². The summed E-state index contributed by atoms with van der Waals surface area (Å²) >= 11 is 4.83. The lowest BCUT2D eigenvalue weighted by atomic mass is 10.2. The van der Waals surface area contributed by atoms with E-state index in [0.29, 0.717) is 28.5 Å². The Bertz CT molecular complexity index is 1280. The third kappa shape index (κ3) is 5.01. The minimum Gasteiger partial charge on any atom is -0.532 e. The van der Waals surface area contributed by atoms with E-state index in [1.54, 1.807) is 0 Å². The smallest absolute Gasteiger partial charge is 0.320 e. The van der Waals surface area contributed by atoms with Crippen LogP contribution in [0, 0.1) is 0 Å². The number of hydrogen-bond acceptors (Lipinski definition) is 5. The van der Waals surface area contributed by atoms with Gasteiger partial charge in [-0.25, -0.2) is 4.98 Å². The highest BCUT2D eigenvalue weighted by atomic mass is 79.9. The van der Waals surface area contributed by atoms with E-state index >= 15 is 0 Å². The van der Waals surface area contributed by atoms with Gasteiger partial charge in [-0.3, -0.25) is 4.79 Å². The van der Waals surface area contributed by atoms with Crippen molar-refractivity contribution in [3.63, 3.8) is 0 Å². The quantitative estimate of drug-likeness (QED) is 0.214. The first-order chi connectivity index (χ1) is 16.7. The molecule has 3 aromatic carbocycles. The van der Waals surface area contributed by atoms with Crippen LogP contribution in [0.2, 0.25) is 5.04 Å². The molecule has 182 valence electrons. The number of nitrogens with zero attached hydrogens (tertiary/aromatic N) is 1. The number of fused-ring (bicyclic) bond motifs is 1. The van der Waals surface area contributed by atoms with Crippen molar-refractivity contribution in [2.75, 3.05) is 11.1 Å².